The smallest absolute Gasteiger partial charge is 0.403 e. The molecule has 3 aliphatic carbocycles. The maximum absolute atomic E-state index is 6.31. The number of benzene rings is 1. The summed E-state index contributed by atoms with van der Waals surface area (Å²) < 4.78 is 12.6. The molecule has 3 saturated carbocycles. The van der Waals surface area contributed by atoms with Crippen molar-refractivity contribution in [3.8, 4) is 0 Å². The zero-order valence-corrected chi connectivity index (χ0v) is 14.9. The summed E-state index contributed by atoms with van der Waals surface area (Å²) in [6, 6.07) is 6.30. The number of hydrogen-bond acceptors (Lipinski definition) is 2. The largest absolute Gasteiger partial charge is 0.464 e. The minimum Gasteiger partial charge on any atom is -0.403 e. The van der Waals surface area contributed by atoms with Crippen LogP contribution in [0.1, 0.15) is 58.1 Å². The third-order valence-corrected chi connectivity index (χ3v) is 7.07. The zero-order valence-electron chi connectivity index (χ0n) is 14.1. The third kappa shape index (κ3) is 1.71. The molecule has 4 fully saturated rings. The van der Waals surface area contributed by atoms with E-state index in [9.17, 15) is 0 Å². The molecule has 0 aromatic heterocycles. The molecule has 0 N–H and O–H groups in total. The third-order valence-electron chi connectivity index (χ3n) is 6.66. The summed E-state index contributed by atoms with van der Waals surface area (Å²) in [5, 5.41) is 1.10. The standard InChI is InChI=1S/C18H24BClO2/c1-12-13(7-6-8-14(12)20)17-9-18(10-17,11-17)19-21-15(2,3)16(4,5)22-19/h6-8H,9-11H2,1-5H3. The first kappa shape index (κ1) is 15.0. The predicted molar refractivity (Wildman–Crippen MR) is 90.5 cm³/mol. The molecule has 4 heteroatoms. The van der Waals surface area contributed by atoms with Crippen LogP contribution in [0.15, 0.2) is 18.2 Å². The molecule has 5 rings (SSSR count). The van der Waals surface area contributed by atoms with Crippen molar-refractivity contribution in [3.05, 3.63) is 34.3 Å². The van der Waals surface area contributed by atoms with Crippen LogP contribution in [0.25, 0.3) is 0 Å². The average Bonchev–Trinajstić information content (AvgIpc) is 2.50. The Morgan fingerprint density at radius 2 is 1.55 bits per heavy atom. The van der Waals surface area contributed by atoms with Gasteiger partial charge in [0.2, 0.25) is 0 Å². The van der Waals surface area contributed by atoms with Crippen molar-refractivity contribution in [2.75, 3.05) is 0 Å². The van der Waals surface area contributed by atoms with Crippen LogP contribution in [0, 0.1) is 6.92 Å². The highest BCUT2D eigenvalue weighted by atomic mass is 35.5. The highest BCUT2D eigenvalue weighted by Crippen LogP contribution is 2.81. The second-order valence-electron chi connectivity index (χ2n) is 8.67. The highest BCUT2D eigenvalue weighted by Gasteiger charge is 2.76. The molecule has 1 heterocycles. The van der Waals surface area contributed by atoms with Crippen LogP contribution in [0.5, 0.6) is 0 Å². The Morgan fingerprint density at radius 1 is 1.00 bits per heavy atom. The van der Waals surface area contributed by atoms with Gasteiger partial charge < -0.3 is 9.31 Å². The Morgan fingerprint density at radius 3 is 2.09 bits per heavy atom. The topological polar surface area (TPSA) is 18.5 Å². The molecular formula is C18H24BClO2. The van der Waals surface area contributed by atoms with Crippen molar-refractivity contribution < 1.29 is 9.31 Å². The van der Waals surface area contributed by atoms with Crippen molar-refractivity contribution in [3.63, 3.8) is 0 Å². The molecule has 1 saturated heterocycles. The summed E-state index contributed by atoms with van der Waals surface area (Å²) in [5.74, 6) is 0. The summed E-state index contributed by atoms with van der Waals surface area (Å²) in [6.45, 7) is 10.7. The Bertz CT molecular complexity index is 617. The lowest BCUT2D eigenvalue weighted by Crippen LogP contribution is -2.66. The Hall–Kier alpha value is -0.505. The maximum Gasteiger partial charge on any atom is 0.464 e. The molecule has 4 aliphatic rings. The van der Waals surface area contributed by atoms with Crippen molar-refractivity contribution in [2.45, 2.75) is 75.8 Å². The summed E-state index contributed by atoms with van der Waals surface area (Å²) in [4.78, 5) is 0. The molecule has 1 aromatic carbocycles. The minimum absolute atomic E-state index is 0.0566. The van der Waals surface area contributed by atoms with Crippen LogP contribution in [0.4, 0.5) is 0 Å². The van der Waals surface area contributed by atoms with E-state index in [0.717, 1.165) is 24.3 Å². The number of hydrogen-bond donors (Lipinski definition) is 0. The fourth-order valence-electron chi connectivity index (χ4n) is 4.68. The van der Waals surface area contributed by atoms with E-state index in [2.05, 4.69) is 46.8 Å². The van der Waals surface area contributed by atoms with Crippen LogP contribution in [0.3, 0.4) is 0 Å². The van der Waals surface area contributed by atoms with Crippen LogP contribution in [-0.2, 0) is 14.7 Å². The van der Waals surface area contributed by atoms with Crippen LogP contribution in [-0.4, -0.2) is 18.3 Å². The lowest BCUT2D eigenvalue weighted by atomic mass is 9.23. The molecular weight excluding hydrogens is 294 g/mol. The van der Waals surface area contributed by atoms with E-state index in [1.807, 2.05) is 6.07 Å². The Balaban J connectivity index is 1.54. The van der Waals surface area contributed by atoms with Gasteiger partial charge in [-0.2, -0.15) is 0 Å². The van der Waals surface area contributed by atoms with Gasteiger partial charge in [0, 0.05) is 10.3 Å². The van der Waals surface area contributed by atoms with Crippen molar-refractivity contribution in [1.82, 2.24) is 0 Å². The van der Waals surface area contributed by atoms with Gasteiger partial charge in [-0.15, -0.1) is 0 Å². The quantitative estimate of drug-likeness (QED) is 0.721. The molecule has 0 unspecified atom stereocenters. The van der Waals surface area contributed by atoms with Gasteiger partial charge in [0.05, 0.1) is 11.2 Å². The first-order valence-electron chi connectivity index (χ1n) is 8.22. The summed E-state index contributed by atoms with van der Waals surface area (Å²) in [5.41, 5.74) is 2.53. The SMILES string of the molecule is Cc1c(Cl)cccc1C12CC(B3OC(C)(C)C(C)(C)O3)(C1)C2. The second-order valence-corrected chi connectivity index (χ2v) is 9.08. The van der Waals surface area contributed by atoms with Gasteiger partial charge in [-0.1, -0.05) is 23.7 Å². The summed E-state index contributed by atoms with van der Waals surface area (Å²) >= 11 is 6.31. The lowest BCUT2D eigenvalue weighted by Gasteiger charge is -2.71. The maximum atomic E-state index is 6.31. The first-order chi connectivity index (χ1) is 10.1. The molecule has 0 amide bonds. The van der Waals surface area contributed by atoms with Crippen molar-refractivity contribution in [2.24, 2.45) is 0 Å². The zero-order chi connectivity index (χ0) is 16.0. The van der Waals surface area contributed by atoms with E-state index in [4.69, 9.17) is 20.9 Å². The van der Waals surface area contributed by atoms with Gasteiger partial charge in [-0.25, -0.2) is 0 Å². The molecule has 2 nitrogen and oxygen atoms in total. The van der Waals surface area contributed by atoms with Gasteiger partial charge in [0.1, 0.15) is 0 Å². The van der Waals surface area contributed by atoms with Crippen molar-refractivity contribution >= 4 is 18.7 Å². The predicted octanol–water partition coefficient (Wildman–Crippen LogP) is 4.92. The molecule has 0 atom stereocenters. The van der Waals surface area contributed by atoms with E-state index in [-0.39, 0.29) is 23.6 Å². The highest BCUT2D eigenvalue weighted by molar-refractivity contribution is 6.51. The Kier molecular flexibility index (Phi) is 2.82. The Labute approximate surface area is 138 Å². The first-order valence-corrected chi connectivity index (χ1v) is 8.60. The van der Waals surface area contributed by atoms with Gasteiger partial charge in [0.15, 0.2) is 0 Å². The summed E-state index contributed by atoms with van der Waals surface area (Å²) in [6.07, 6.45) is 3.49. The number of rotatable bonds is 2. The second kappa shape index (κ2) is 4.12. The van der Waals surface area contributed by atoms with Crippen LogP contribution < -0.4 is 0 Å². The molecule has 0 radical (unpaired) electrons. The molecule has 22 heavy (non-hydrogen) atoms. The fraction of sp³-hybridized carbons (Fsp3) is 0.667. The van der Waals surface area contributed by atoms with Crippen LogP contribution >= 0.6 is 11.6 Å². The molecule has 1 aromatic rings. The van der Waals surface area contributed by atoms with Crippen molar-refractivity contribution in [1.29, 1.82) is 0 Å². The average molecular weight is 319 g/mol. The van der Waals surface area contributed by atoms with Gasteiger partial charge in [0.25, 0.3) is 0 Å². The monoisotopic (exact) mass is 318 g/mol. The lowest BCUT2D eigenvalue weighted by molar-refractivity contribution is -0.0387. The van der Waals surface area contributed by atoms with E-state index in [0.29, 0.717) is 5.41 Å². The molecule has 2 bridgehead atoms. The van der Waals surface area contributed by atoms with Gasteiger partial charge in [-0.05, 0) is 76.5 Å². The molecule has 118 valence electrons. The summed E-state index contributed by atoms with van der Waals surface area (Å²) in [7, 11) is -0.0566. The van der Waals surface area contributed by atoms with E-state index >= 15 is 0 Å². The van der Waals surface area contributed by atoms with E-state index < -0.39 is 0 Å². The normalized spacial score (nSPS) is 37.6. The fourth-order valence-corrected chi connectivity index (χ4v) is 4.85. The van der Waals surface area contributed by atoms with E-state index in [1.54, 1.807) is 0 Å². The molecule has 1 aliphatic heterocycles. The molecule has 0 spiro atoms. The van der Waals surface area contributed by atoms with E-state index in [1.165, 1.54) is 11.1 Å². The minimum atomic E-state index is -0.230. The van der Waals surface area contributed by atoms with Crippen LogP contribution in [0.2, 0.25) is 10.3 Å². The van der Waals surface area contributed by atoms with Gasteiger partial charge >= 0.3 is 7.12 Å². The van der Waals surface area contributed by atoms with Gasteiger partial charge in [-0.3, -0.25) is 0 Å². The number of halogens is 1.